The van der Waals surface area contributed by atoms with Crippen LogP contribution >= 0.6 is 0 Å². The minimum Gasteiger partial charge on any atom is -0.506 e. The molecule has 2 aliphatic rings. The summed E-state index contributed by atoms with van der Waals surface area (Å²) in [6.07, 6.45) is 1.31. The van der Waals surface area contributed by atoms with Crippen LogP contribution in [0.2, 0.25) is 0 Å². The van der Waals surface area contributed by atoms with Crippen molar-refractivity contribution in [2.45, 2.75) is 25.8 Å². The lowest BCUT2D eigenvalue weighted by Gasteiger charge is -2.27. The molecule has 0 radical (unpaired) electrons. The highest BCUT2D eigenvalue weighted by atomic mass is 19.1. The predicted octanol–water partition coefficient (Wildman–Crippen LogP) is 0.988. The Morgan fingerprint density at radius 1 is 1.36 bits per heavy atom. The third-order valence-electron chi connectivity index (χ3n) is 5.74. The Morgan fingerprint density at radius 2 is 2.11 bits per heavy atom. The molecule has 0 aliphatic carbocycles. The van der Waals surface area contributed by atoms with E-state index >= 15 is 0 Å². The fourth-order valence-electron chi connectivity index (χ4n) is 4.24. The summed E-state index contributed by atoms with van der Waals surface area (Å²) < 4.78 is 15.6. The number of aromatic hydroxyl groups is 1. The minimum absolute atomic E-state index is 0.124. The van der Waals surface area contributed by atoms with Crippen LogP contribution in [-0.2, 0) is 6.42 Å². The third-order valence-corrected chi connectivity index (χ3v) is 5.74. The predicted molar refractivity (Wildman–Crippen MR) is 105 cm³/mol. The van der Waals surface area contributed by atoms with Gasteiger partial charge in [0.2, 0.25) is 0 Å². The van der Waals surface area contributed by atoms with Crippen LogP contribution in [0.4, 0.5) is 4.39 Å². The van der Waals surface area contributed by atoms with Crippen molar-refractivity contribution < 1.29 is 14.3 Å². The molecule has 0 bridgehead atoms. The standard InChI is InChI=1S/C20H25FN4O3/c1-12-2-3-13-10-14(21)11-15-17(13)25(12)20(28)16(18(15)26)19(27)23-6-9-24-7-4-22-5-8-24/h10-12,22,26H,2-9H2,1H3,(H,23,27). The zero-order valence-electron chi connectivity index (χ0n) is 15.9. The summed E-state index contributed by atoms with van der Waals surface area (Å²) in [5.41, 5.74) is 0.383. The molecule has 2 aliphatic heterocycles. The average Bonchev–Trinajstić information content (AvgIpc) is 2.67. The van der Waals surface area contributed by atoms with Gasteiger partial charge in [-0.1, -0.05) is 0 Å². The van der Waals surface area contributed by atoms with E-state index in [1.54, 1.807) is 0 Å². The summed E-state index contributed by atoms with van der Waals surface area (Å²) in [7, 11) is 0. The number of benzene rings is 1. The molecule has 2 aromatic rings. The van der Waals surface area contributed by atoms with Gasteiger partial charge in [-0.3, -0.25) is 14.5 Å². The Kier molecular flexibility index (Phi) is 5.07. The van der Waals surface area contributed by atoms with Crippen molar-refractivity contribution >= 4 is 16.8 Å². The zero-order valence-corrected chi connectivity index (χ0v) is 15.9. The van der Waals surface area contributed by atoms with Gasteiger partial charge in [-0.2, -0.15) is 0 Å². The van der Waals surface area contributed by atoms with Crippen molar-refractivity contribution in [2.24, 2.45) is 0 Å². The van der Waals surface area contributed by atoms with Crippen molar-refractivity contribution in [3.8, 4) is 5.75 Å². The van der Waals surface area contributed by atoms with Crippen LogP contribution in [0.3, 0.4) is 0 Å². The lowest BCUT2D eigenvalue weighted by atomic mass is 9.95. The number of amides is 1. The van der Waals surface area contributed by atoms with E-state index in [1.165, 1.54) is 16.7 Å². The number of rotatable bonds is 4. The lowest BCUT2D eigenvalue weighted by Crippen LogP contribution is -2.46. The Hall–Kier alpha value is -2.45. The summed E-state index contributed by atoms with van der Waals surface area (Å²) in [6.45, 7) is 6.58. The number of nitrogens with zero attached hydrogens (tertiary/aromatic N) is 2. The second-order valence-corrected chi connectivity index (χ2v) is 7.60. The lowest BCUT2D eigenvalue weighted by molar-refractivity contribution is 0.0942. The molecule has 1 unspecified atom stereocenters. The van der Waals surface area contributed by atoms with Gasteiger partial charge in [-0.25, -0.2) is 4.39 Å². The first-order valence-corrected chi connectivity index (χ1v) is 9.78. The first-order valence-electron chi connectivity index (χ1n) is 9.78. The number of hydrogen-bond donors (Lipinski definition) is 3. The highest BCUT2D eigenvalue weighted by molar-refractivity contribution is 6.03. The third kappa shape index (κ3) is 3.27. The van der Waals surface area contributed by atoms with Gasteiger partial charge in [0.05, 0.1) is 5.52 Å². The molecule has 3 heterocycles. The molecule has 1 aromatic heterocycles. The van der Waals surface area contributed by atoms with E-state index in [0.717, 1.165) is 26.2 Å². The maximum atomic E-state index is 14.0. The van der Waals surface area contributed by atoms with Gasteiger partial charge in [-0.05, 0) is 37.5 Å². The van der Waals surface area contributed by atoms with Gasteiger partial charge in [-0.15, -0.1) is 0 Å². The van der Waals surface area contributed by atoms with E-state index in [0.29, 0.717) is 37.0 Å². The maximum absolute atomic E-state index is 14.0. The van der Waals surface area contributed by atoms with Gasteiger partial charge in [0, 0.05) is 50.7 Å². The molecular weight excluding hydrogens is 363 g/mol. The smallest absolute Gasteiger partial charge is 0.267 e. The first kappa shape index (κ1) is 18.9. The van der Waals surface area contributed by atoms with Crippen molar-refractivity contribution in [2.75, 3.05) is 39.3 Å². The van der Waals surface area contributed by atoms with Crippen LogP contribution in [-0.4, -0.2) is 59.7 Å². The summed E-state index contributed by atoms with van der Waals surface area (Å²) >= 11 is 0. The minimum atomic E-state index is -0.619. The fraction of sp³-hybridized carbons (Fsp3) is 0.500. The summed E-state index contributed by atoms with van der Waals surface area (Å²) in [6, 6.07) is 2.47. The molecule has 0 saturated carbocycles. The van der Waals surface area contributed by atoms with Gasteiger partial charge in [0.25, 0.3) is 11.5 Å². The average molecular weight is 388 g/mol. The quantitative estimate of drug-likeness (QED) is 0.727. The molecule has 7 nitrogen and oxygen atoms in total. The molecule has 1 aromatic carbocycles. The highest BCUT2D eigenvalue weighted by Gasteiger charge is 2.28. The molecular formula is C20H25FN4O3. The van der Waals surface area contributed by atoms with Crippen LogP contribution in [0.15, 0.2) is 16.9 Å². The second-order valence-electron chi connectivity index (χ2n) is 7.60. The van der Waals surface area contributed by atoms with E-state index in [1.807, 2.05) is 6.92 Å². The largest absolute Gasteiger partial charge is 0.506 e. The molecule has 3 N–H and O–H groups in total. The van der Waals surface area contributed by atoms with Gasteiger partial charge < -0.3 is 20.3 Å². The monoisotopic (exact) mass is 388 g/mol. The number of aromatic nitrogens is 1. The summed E-state index contributed by atoms with van der Waals surface area (Å²) in [4.78, 5) is 28.0. The molecule has 1 saturated heterocycles. The van der Waals surface area contributed by atoms with Crippen molar-refractivity contribution in [3.05, 3.63) is 39.4 Å². The number of piperazine rings is 1. The van der Waals surface area contributed by atoms with Crippen LogP contribution in [0.5, 0.6) is 5.75 Å². The van der Waals surface area contributed by atoms with E-state index < -0.39 is 23.0 Å². The number of carbonyl (C=O) groups excluding carboxylic acids is 1. The Morgan fingerprint density at radius 3 is 2.86 bits per heavy atom. The molecule has 1 amide bonds. The molecule has 1 fully saturated rings. The fourth-order valence-corrected chi connectivity index (χ4v) is 4.24. The number of carbonyl (C=O) groups is 1. The molecule has 150 valence electrons. The Labute approximate surface area is 162 Å². The van der Waals surface area contributed by atoms with E-state index in [9.17, 15) is 19.1 Å². The van der Waals surface area contributed by atoms with Crippen molar-refractivity contribution in [1.82, 2.24) is 20.1 Å². The van der Waals surface area contributed by atoms with Crippen LogP contribution < -0.4 is 16.2 Å². The number of nitrogens with one attached hydrogen (secondary N) is 2. The Bertz CT molecular complexity index is 982. The number of pyridine rings is 1. The molecule has 28 heavy (non-hydrogen) atoms. The van der Waals surface area contributed by atoms with Gasteiger partial charge in [0.1, 0.15) is 17.1 Å². The number of halogens is 1. The first-order chi connectivity index (χ1) is 13.5. The Balaban J connectivity index is 1.67. The van der Waals surface area contributed by atoms with E-state index in [-0.39, 0.29) is 17.0 Å². The van der Waals surface area contributed by atoms with E-state index in [4.69, 9.17) is 0 Å². The molecule has 8 heteroatoms. The van der Waals surface area contributed by atoms with Crippen LogP contribution in [0.25, 0.3) is 10.9 Å². The molecule has 0 spiro atoms. The van der Waals surface area contributed by atoms with Crippen LogP contribution in [0.1, 0.15) is 35.3 Å². The summed E-state index contributed by atoms with van der Waals surface area (Å²) in [5, 5.41) is 16.9. The zero-order chi connectivity index (χ0) is 19.8. The van der Waals surface area contributed by atoms with E-state index in [2.05, 4.69) is 15.5 Å². The highest BCUT2D eigenvalue weighted by Crippen LogP contribution is 2.35. The molecule has 1 atom stereocenters. The number of aryl methyl sites for hydroxylation is 1. The summed E-state index contributed by atoms with van der Waals surface area (Å²) in [5.74, 6) is -1.54. The number of hydrogen-bond acceptors (Lipinski definition) is 5. The van der Waals surface area contributed by atoms with Crippen LogP contribution in [0, 0.1) is 5.82 Å². The van der Waals surface area contributed by atoms with Gasteiger partial charge in [0.15, 0.2) is 0 Å². The topological polar surface area (TPSA) is 86.6 Å². The SMILES string of the molecule is CC1CCc2cc(F)cc3c(O)c(C(=O)NCCN4CCNCC4)c(=O)n1c23. The molecule has 4 rings (SSSR count). The maximum Gasteiger partial charge on any atom is 0.267 e. The van der Waals surface area contributed by atoms with Gasteiger partial charge >= 0.3 is 0 Å². The second kappa shape index (κ2) is 7.52. The van der Waals surface area contributed by atoms with Crippen molar-refractivity contribution in [1.29, 1.82) is 0 Å². The normalized spacial score (nSPS) is 19.7. The van der Waals surface area contributed by atoms with Crippen molar-refractivity contribution in [3.63, 3.8) is 0 Å².